The Labute approximate surface area is 116 Å². The highest BCUT2D eigenvalue weighted by molar-refractivity contribution is 5.55. The zero-order valence-corrected chi connectivity index (χ0v) is 12.8. The van der Waals surface area contributed by atoms with Crippen molar-refractivity contribution in [3.05, 3.63) is 57.7 Å². The van der Waals surface area contributed by atoms with E-state index in [-0.39, 0.29) is 0 Å². The summed E-state index contributed by atoms with van der Waals surface area (Å²) in [4.78, 5) is 0. The van der Waals surface area contributed by atoms with Gasteiger partial charge in [-0.1, -0.05) is 35.4 Å². The van der Waals surface area contributed by atoms with Crippen LogP contribution in [0.4, 0.5) is 0 Å². The highest BCUT2D eigenvalue weighted by atomic mass is 16.3. The Morgan fingerprint density at radius 2 is 1.37 bits per heavy atom. The maximum atomic E-state index is 10.4. The first-order valence-electron chi connectivity index (χ1n) is 6.92. The number of aliphatic hydroxyl groups is 1. The Bertz CT molecular complexity index is 544. The molecule has 1 aromatic rings. The zero-order valence-electron chi connectivity index (χ0n) is 12.8. The van der Waals surface area contributed by atoms with Gasteiger partial charge in [-0.25, -0.2) is 0 Å². The molecular formula is C18H24O. The molecule has 0 unspecified atom stereocenters. The molecule has 0 fully saturated rings. The van der Waals surface area contributed by atoms with Crippen molar-refractivity contribution in [3.8, 4) is 0 Å². The summed E-state index contributed by atoms with van der Waals surface area (Å²) < 4.78 is 0. The van der Waals surface area contributed by atoms with Crippen LogP contribution in [0.1, 0.15) is 58.6 Å². The van der Waals surface area contributed by atoms with Crippen LogP contribution in [0.25, 0.3) is 0 Å². The molecule has 0 amide bonds. The van der Waals surface area contributed by atoms with Crippen LogP contribution in [-0.4, -0.2) is 5.11 Å². The number of allylic oxidation sites excluding steroid dienone is 4. The van der Waals surface area contributed by atoms with E-state index in [0.29, 0.717) is 5.92 Å². The summed E-state index contributed by atoms with van der Waals surface area (Å²) in [5, 5.41) is 10.4. The van der Waals surface area contributed by atoms with Crippen LogP contribution < -0.4 is 0 Å². The normalized spacial score (nSPS) is 17.6. The summed E-state index contributed by atoms with van der Waals surface area (Å²) in [6.45, 7) is 12.5. The van der Waals surface area contributed by atoms with Crippen molar-refractivity contribution in [1.29, 1.82) is 0 Å². The summed E-state index contributed by atoms with van der Waals surface area (Å²) in [6, 6.07) is 8.26. The summed E-state index contributed by atoms with van der Waals surface area (Å²) in [7, 11) is 0. The van der Waals surface area contributed by atoms with Crippen molar-refractivity contribution in [2.75, 3.05) is 0 Å². The van der Waals surface area contributed by atoms with Crippen molar-refractivity contribution in [2.24, 2.45) is 0 Å². The van der Waals surface area contributed by atoms with Gasteiger partial charge in [-0.15, -0.1) is 0 Å². The highest BCUT2D eigenvalue weighted by Gasteiger charge is 2.30. The standard InChI is InChI=1S/C18H24O/c1-11-12(2)14(4)17(13(11)3)15-9-7-8-10-16(15)18(5,6)19/h7-10,17,19H,1-6H3. The Kier molecular flexibility index (Phi) is 3.44. The summed E-state index contributed by atoms with van der Waals surface area (Å²) in [5.41, 5.74) is 7.07. The molecule has 0 spiro atoms. The summed E-state index contributed by atoms with van der Waals surface area (Å²) in [5.74, 6) is 0.322. The van der Waals surface area contributed by atoms with Gasteiger partial charge in [0.15, 0.2) is 0 Å². The second-order valence-electron chi connectivity index (χ2n) is 6.20. The first-order valence-corrected chi connectivity index (χ1v) is 6.92. The minimum absolute atomic E-state index is 0.322. The van der Waals surface area contributed by atoms with Crippen molar-refractivity contribution < 1.29 is 5.11 Å². The molecule has 2 rings (SSSR count). The molecule has 0 bridgehead atoms. The fraction of sp³-hybridized carbons (Fsp3) is 0.444. The summed E-state index contributed by atoms with van der Waals surface area (Å²) >= 11 is 0. The Hall–Kier alpha value is -1.34. The van der Waals surface area contributed by atoms with Gasteiger partial charge in [0.05, 0.1) is 5.60 Å². The Morgan fingerprint density at radius 3 is 1.84 bits per heavy atom. The average Bonchev–Trinajstić information content (AvgIpc) is 2.53. The van der Waals surface area contributed by atoms with E-state index in [2.05, 4.69) is 39.8 Å². The van der Waals surface area contributed by atoms with E-state index in [1.165, 1.54) is 27.9 Å². The van der Waals surface area contributed by atoms with Gasteiger partial charge in [-0.2, -0.15) is 0 Å². The smallest absolute Gasteiger partial charge is 0.0843 e. The van der Waals surface area contributed by atoms with Crippen LogP contribution in [0.15, 0.2) is 46.6 Å². The summed E-state index contributed by atoms with van der Waals surface area (Å²) in [6.07, 6.45) is 0. The van der Waals surface area contributed by atoms with Gasteiger partial charge in [-0.3, -0.25) is 0 Å². The van der Waals surface area contributed by atoms with Crippen LogP contribution in [0.2, 0.25) is 0 Å². The second kappa shape index (κ2) is 4.64. The van der Waals surface area contributed by atoms with Crippen LogP contribution in [0, 0.1) is 0 Å². The predicted octanol–water partition coefficient (Wildman–Crippen LogP) is 4.68. The fourth-order valence-electron chi connectivity index (χ4n) is 3.12. The van der Waals surface area contributed by atoms with Crippen LogP contribution >= 0.6 is 0 Å². The molecule has 0 atom stereocenters. The minimum Gasteiger partial charge on any atom is -0.386 e. The third-order valence-corrected chi connectivity index (χ3v) is 4.54. The molecule has 0 radical (unpaired) electrons. The molecule has 0 heterocycles. The fourth-order valence-corrected chi connectivity index (χ4v) is 3.12. The Morgan fingerprint density at radius 1 is 0.895 bits per heavy atom. The average molecular weight is 256 g/mol. The first-order chi connectivity index (χ1) is 8.75. The van der Waals surface area contributed by atoms with Gasteiger partial charge in [0.25, 0.3) is 0 Å². The van der Waals surface area contributed by atoms with Crippen molar-refractivity contribution in [3.63, 3.8) is 0 Å². The highest BCUT2D eigenvalue weighted by Crippen LogP contribution is 2.45. The molecule has 1 nitrogen and oxygen atoms in total. The molecule has 0 saturated heterocycles. The van der Waals surface area contributed by atoms with E-state index in [0.717, 1.165) is 5.56 Å². The lowest BCUT2D eigenvalue weighted by atomic mass is 9.81. The van der Waals surface area contributed by atoms with Crippen molar-refractivity contribution in [1.82, 2.24) is 0 Å². The first kappa shape index (κ1) is 14.1. The van der Waals surface area contributed by atoms with E-state index in [9.17, 15) is 5.11 Å². The third-order valence-electron chi connectivity index (χ3n) is 4.54. The lowest BCUT2D eigenvalue weighted by Gasteiger charge is -2.26. The Balaban J connectivity index is 2.63. The van der Waals surface area contributed by atoms with Gasteiger partial charge in [-0.05, 0) is 63.8 Å². The van der Waals surface area contributed by atoms with E-state index < -0.39 is 5.60 Å². The van der Waals surface area contributed by atoms with Crippen LogP contribution in [-0.2, 0) is 5.60 Å². The van der Waals surface area contributed by atoms with Crippen LogP contribution in [0.5, 0.6) is 0 Å². The van der Waals surface area contributed by atoms with E-state index in [1.54, 1.807) is 0 Å². The SMILES string of the molecule is CC1=C(C)C(c2ccccc2C(C)(C)O)C(C)=C1C. The largest absolute Gasteiger partial charge is 0.386 e. The number of rotatable bonds is 2. The predicted molar refractivity (Wildman–Crippen MR) is 81.2 cm³/mol. The minimum atomic E-state index is -0.804. The lowest BCUT2D eigenvalue weighted by molar-refractivity contribution is 0.0775. The second-order valence-corrected chi connectivity index (χ2v) is 6.20. The molecule has 1 N–H and O–H groups in total. The van der Waals surface area contributed by atoms with Gasteiger partial charge in [0.2, 0.25) is 0 Å². The number of benzene rings is 1. The molecule has 0 aliphatic heterocycles. The molecule has 1 heteroatoms. The molecule has 102 valence electrons. The van der Waals surface area contributed by atoms with Crippen LogP contribution in [0.3, 0.4) is 0 Å². The van der Waals surface area contributed by atoms with Gasteiger partial charge in [0, 0.05) is 5.92 Å². The van der Waals surface area contributed by atoms with Gasteiger partial charge < -0.3 is 5.11 Å². The van der Waals surface area contributed by atoms with E-state index in [4.69, 9.17) is 0 Å². The number of hydrogen-bond acceptors (Lipinski definition) is 1. The quantitative estimate of drug-likeness (QED) is 0.814. The van der Waals surface area contributed by atoms with Gasteiger partial charge in [0.1, 0.15) is 0 Å². The molecular weight excluding hydrogens is 232 g/mol. The monoisotopic (exact) mass is 256 g/mol. The molecule has 1 aliphatic carbocycles. The molecule has 1 aromatic carbocycles. The molecule has 0 saturated carbocycles. The third kappa shape index (κ3) is 2.28. The molecule has 0 aromatic heterocycles. The zero-order chi connectivity index (χ0) is 14.4. The van der Waals surface area contributed by atoms with E-state index in [1.807, 2.05) is 26.0 Å². The van der Waals surface area contributed by atoms with Crippen molar-refractivity contribution >= 4 is 0 Å². The lowest BCUT2D eigenvalue weighted by Crippen LogP contribution is -2.19. The van der Waals surface area contributed by atoms with Gasteiger partial charge >= 0.3 is 0 Å². The maximum Gasteiger partial charge on any atom is 0.0843 e. The maximum absolute atomic E-state index is 10.4. The number of hydrogen-bond donors (Lipinski definition) is 1. The molecule has 1 aliphatic rings. The topological polar surface area (TPSA) is 20.2 Å². The van der Waals surface area contributed by atoms with Crippen molar-refractivity contribution in [2.45, 2.75) is 53.1 Å². The van der Waals surface area contributed by atoms with E-state index >= 15 is 0 Å². The molecule has 19 heavy (non-hydrogen) atoms.